The van der Waals surface area contributed by atoms with Crippen molar-refractivity contribution in [3.63, 3.8) is 0 Å². The van der Waals surface area contributed by atoms with Crippen molar-refractivity contribution >= 4 is 29.2 Å². The lowest BCUT2D eigenvalue weighted by Crippen LogP contribution is -2.14. The number of carbonyl (C=O) groups excluding carboxylic acids is 1. The second-order valence-corrected chi connectivity index (χ2v) is 8.40. The highest BCUT2D eigenvalue weighted by atomic mass is 35.5. The van der Waals surface area contributed by atoms with E-state index in [1.54, 1.807) is 50.4 Å². The Balaban J connectivity index is 1.85. The van der Waals surface area contributed by atoms with Crippen molar-refractivity contribution in [3.8, 4) is 11.5 Å². The van der Waals surface area contributed by atoms with E-state index in [9.17, 15) is 14.3 Å². The SMILES string of the molecule is CCOC(=O)COc1cc(Cl)c(Cc2ccc(O)c(C(COC)c3ccc(F)cc3)c2)c(Cl)c1. The topological polar surface area (TPSA) is 65.0 Å². The predicted molar refractivity (Wildman–Crippen MR) is 130 cm³/mol. The second-order valence-electron chi connectivity index (χ2n) is 7.59. The van der Waals surface area contributed by atoms with E-state index in [-0.39, 0.29) is 30.7 Å². The Labute approximate surface area is 208 Å². The molecule has 0 heterocycles. The first-order chi connectivity index (χ1) is 16.3. The molecule has 0 aromatic heterocycles. The molecule has 1 unspecified atom stereocenters. The molecule has 0 bridgehead atoms. The summed E-state index contributed by atoms with van der Waals surface area (Å²) in [5.41, 5.74) is 3.00. The predicted octanol–water partition coefficient (Wildman–Crippen LogP) is 6.15. The Morgan fingerprint density at radius 3 is 2.35 bits per heavy atom. The number of hydrogen-bond donors (Lipinski definition) is 1. The van der Waals surface area contributed by atoms with Gasteiger partial charge in [0.05, 0.1) is 13.2 Å². The quantitative estimate of drug-likeness (QED) is 0.334. The van der Waals surface area contributed by atoms with Crippen molar-refractivity contribution in [2.75, 3.05) is 26.9 Å². The van der Waals surface area contributed by atoms with Crippen LogP contribution < -0.4 is 4.74 Å². The van der Waals surface area contributed by atoms with Gasteiger partial charge in [0, 0.05) is 35.1 Å². The highest BCUT2D eigenvalue weighted by molar-refractivity contribution is 6.36. The highest BCUT2D eigenvalue weighted by Gasteiger charge is 2.20. The maximum absolute atomic E-state index is 13.4. The van der Waals surface area contributed by atoms with Crippen LogP contribution in [0.3, 0.4) is 0 Å². The van der Waals surface area contributed by atoms with Crippen LogP contribution in [0.4, 0.5) is 4.39 Å². The second kappa shape index (κ2) is 12.1. The molecule has 0 spiro atoms. The van der Waals surface area contributed by atoms with Crippen LogP contribution in [0.5, 0.6) is 11.5 Å². The summed E-state index contributed by atoms with van der Waals surface area (Å²) in [5.74, 6) is -0.654. The van der Waals surface area contributed by atoms with Crippen LogP contribution in [0.1, 0.15) is 35.1 Å². The highest BCUT2D eigenvalue weighted by Crippen LogP contribution is 2.36. The number of benzene rings is 3. The molecule has 1 N–H and O–H groups in total. The summed E-state index contributed by atoms with van der Waals surface area (Å²) in [7, 11) is 1.57. The third kappa shape index (κ3) is 6.63. The summed E-state index contributed by atoms with van der Waals surface area (Å²) >= 11 is 12.9. The molecule has 0 aliphatic heterocycles. The van der Waals surface area contributed by atoms with Gasteiger partial charge >= 0.3 is 5.97 Å². The lowest BCUT2D eigenvalue weighted by atomic mass is 9.89. The molecule has 0 saturated heterocycles. The van der Waals surface area contributed by atoms with Crippen LogP contribution in [0.15, 0.2) is 54.6 Å². The van der Waals surface area contributed by atoms with E-state index in [1.165, 1.54) is 12.1 Å². The molecular formula is C26H25Cl2FO5. The van der Waals surface area contributed by atoms with Crippen LogP contribution >= 0.6 is 23.2 Å². The summed E-state index contributed by atoms with van der Waals surface area (Å²) in [4.78, 5) is 11.5. The molecule has 0 fully saturated rings. The van der Waals surface area contributed by atoms with Crippen LogP contribution in [0.25, 0.3) is 0 Å². The molecular weight excluding hydrogens is 482 g/mol. The Kier molecular flexibility index (Phi) is 9.16. The van der Waals surface area contributed by atoms with Gasteiger partial charge in [0.15, 0.2) is 6.61 Å². The normalized spacial score (nSPS) is 11.8. The number of esters is 1. The average Bonchev–Trinajstić information content (AvgIpc) is 2.80. The van der Waals surface area contributed by atoms with Crippen molar-refractivity contribution in [2.24, 2.45) is 0 Å². The van der Waals surface area contributed by atoms with Gasteiger partial charge in [-0.25, -0.2) is 9.18 Å². The minimum absolute atomic E-state index is 0.107. The third-order valence-electron chi connectivity index (χ3n) is 5.23. The number of halogens is 3. The van der Waals surface area contributed by atoms with Crippen molar-refractivity contribution in [1.29, 1.82) is 0 Å². The van der Waals surface area contributed by atoms with Crippen molar-refractivity contribution < 1.29 is 28.5 Å². The van der Waals surface area contributed by atoms with E-state index >= 15 is 0 Å². The number of ether oxygens (including phenoxy) is 3. The molecule has 8 heteroatoms. The number of phenols is 1. The van der Waals surface area contributed by atoms with Crippen LogP contribution in [-0.4, -0.2) is 38.0 Å². The van der Waals surface area contributed by atoms with E-state index in [0.717, 1.165) is 11.1 Å². The molecule has 0 saturated carbocycles. The van der Waals surface area contributed by atoms with Crippen LogP contribution in [0.2, 0.25) is 10.0 Å². The van der Waals surface area contributed by atoms with E-state index in [1.807, 2.05) is 6.07 Å². The maximum Gasteiger partial charge on any atom is 0.344 e. The Morgan fingerprint density at radius 2 is 1.74 bits per heavy atom. The van der Waals surface area contributed by atoms with Gasteiger partial charge in [-0.2, -0.15) is 0 Å². The smallest absolute Gasteiger partial charge is 0.344 e. The first kappa shape index (κ1) is 25.8. The fraction of sp³-hybridized carbons (Fsp3) is 0.269. The largest absolute Gasteiger partial charge is 0.508 e. The van der Waals surface area contributed by atoms with Gasteiger partial charge < -0.3 is 19.3 Å². The van der Waals surface area contributed by atoms with Crippen molar-refractivity contribution in [3.05, 3.63) is 92.7 Å². The van der Waals surface area contributed by atoms with E-state index in [2.05, 4.69) is 0 Å². The molecule has 5 nitrogen and oxygen atoms in total. The van der Waals surface area contributed by atoms with Crippen molar-refractivity contribution in [2.45, 2.75) is 19.3 Å². The lowest BCUT2D eigenvalue weighted by Gasteiger charge is -2.20. The van der Waals surface area contributed by atoms with E-state index in [4.69, 9.17) is 37.4 Å². The summed E-state index contributed by atoms with van der Waals surface area (Å²) in [6, 6.07) is 14.5. The summed E-state index contributed by atoms with van der Waals surface area (Å²) in [6.45, 7) is 2.04. The fourth-order valence-electron chi connectivity index (χ4n) is 3.60. The zero-order chi connectivity index (χ0) is 24.7. The number of rotatable bonds is 10. The number of hydrogen-bond acceptors (Lipinski definition) is 5. The monoisotopic (exact) mass is 506 g/mol. The fourth-order valence-corrected chi connectivity index (χ4v) is 4.20. The maximum atomic E-state index is 13.4. The van der Waals surface area contributed by atoms with Crippen LogP contribution in [-0.2, 0) is 20.7 Å². The molecule has 0 aliphatic rings. The standard InChI is InChI=1S/C26H25Cl2FO5/c1-3-33-26(31)15-34-19-12-23(27)21(24(28)13-19)11-16-4-9-25(30)20(10-16)22(14-32-2)17-5-7-18(29)8-6-17/h4-10,12-13,22,30H,3,11,14-15H2,1-2H3. The first-order valence-corrected chi connectivity index (χ1v) is 11.4. The summed E-state index contributed by atoms with van der Waals surface area (Å²) in [5, 5.41) is 11.3. The first-order valence-electron chi connectivity index (χ1n) is 10.6. The van der Waals surface area contributed by atoms with Gasteiger partial charge in [-0.05, 0) is 53.9 Å². The molecule has 0 amide bonds. The minimum Gasteiger partial charge on any atom is -0.508 e. The summed E-state index contributed by atoms with van der Waals surface area (Å²) in [6.07, 6.45) is 0.395. The number of aromatic hydroxyl groups is 1. The van der Waals surface area contributed by atoms with E-state index < -0.39 is 5.97 Å². The Bertz CT molecular complexity index is 1110. The van der Waals surface area contributed by atoms with Gasteiger partial charge in [0.2, 0.25) is 0 Å². The lowest BCUT2D eigenvalue weighted by molar-refractivity contribution is -0.145. The molecule has 3 aromatic rings. The molecule has 180 valence electrons. The molecule has 3 rings (SSSR count). The number of methoxy groups -OCH3 is 1. The van der Waals surface area contributed by atoms with Crippen LogP contribution in [0, 0.1) is 5.82 Å². The minimum atomic E-state index is -0.484. The van der Waals surface area contributed by atoms with Gasteiger partial charge in [0.25, 0.3) is 0 Å². The van der Waals surface area contributed by atoms with Gasteiger partial charge in [-0.15, -0.1) is 0 Å². The zero-order valence-electron chi connectivity index (χ0n) is 18.8. The summed E-state index contributed by atoms with van der Waals surface area (Å²) < 4.78 is 29.0. The Hall–Kier alpha value is -2.80. The number of carbonyl (C=O) groups is 1. The van der Waals surface area contributed by atoms with Gasteiger partial charge in [0.1, 0.15) is 17.3 Å². The zero-order valence-corrected chi connectivity index (χ0v) is 20.3. The Morgan fingerprint density at radius 1 is 1.06 bits per heavy atom. The van der Waals surface area contributed by atoms with Gasteiger partial charge in [-0.3, -0.25) is 0 Å². The molecule has 3 aromatic carbocycles. The average molecular weight is 507 g/mol. The number of phenolic OH excluding ortho intramolecular Hbond substituents is 1. The molecule has 34 heavy (non-hydrogen) atoms. The van der Waals surface area contributed by atoms with Crippen molar-refractivity contribution in [1.82, 2.24) is 0 Å². The third-order valence-corrected chi connectivity index (χ3v) is 5.90. The molecule has 0 radical (unpaired) electrons. The van der Waals surface area contributed by atoms with Gasteiger partial charge in [-0.1, -0.05) is 47.5 Å². The van der Waals surface area contributed by atoms with E-state index in [0.29, 0.717) is 39.9 Å². The molecule has 1 atom stereocenters. The molecule has 0 aliphatic carbocycles.